The zero-order valence-electron chi connectivity index (χ0n) is 14.3. The zero-order valence-corrected chi connectivity index (χ0v) is 14.3. The van der Waals surface area contributed by atoms with Crippen molar-refractivity contribution >= 4 is 17.4 Å². The molecule has 0 radical (unpaired) electrons. The number of hydrogen-bond acceptors (Lipinski definition) is 10. The third-order valence-corrected chi connectivity index (χ3v) is 4.91. The van der Waals surface area contributed by atoms with Crippen LogP contribution in [-0.2, 0) is 0 Å². The number of hydrogen-bond donors (Lipinski definition) is 0. The predicted molar refractivity (Wildman–Crippen MR) is 90.6 cm³/mol. The molecule has 0 amide bonds. The van der Waals surface area contributed by atoms with E-state index in [1.165, 1.54) is 14.2 Å². The molecule has 2 unspecified atom stereocenters. The van der Waals surface area contributed by atoms with E-state index in [0.717, 1.165) is 31.0 Å². The summed E-state index contributed by atoms with van der Waals surface area (Å²) < 4.78 is 12.2. The topological polar surface area (TPSA) is 107 Å². The van der Waals surface area contributed by atoms with Gasteiger partial charge in [0.15, 0.2) is 5.82 Å². The van der Waals surface area contributed by atoms with E-state index in [1.807, 2.05) is 10.6 Å². The van der Waals surface area contributed by atoms with Crippen molar-refractivity contribution in [2.24, 2.45) is 0 Å². The fourth-order valence-electron chi connectivity index (χ4n) is 3.76. The van der Waals surface area contributed by atoms with Gasteiger partial charge >= 0.3 is 12.0 Å². The standard InChI is InChI=1S/C15H17N9O2/c1-25-14-18-13(19-15(20-14)26-2)24-7-9-5-10(24)6-23(9)11-12-21-17-8-22(12)4-3-16-11/h3-4,8-10H,5-7H2,1-2H3. The fraction of sp³-hybridized carbons (Fsp3) is 0.467. The monoisotopic (exact) mass is 355 g/mol. The van der Waals surface area contributed by atoms with Gasteiger partial charge in [-0.25, -0.2) is 4.98 Å². The molecule has 11 heteroatoms. The second-order valence-corrected chi connectivity index (χ2v) is 6.27. The van der Waals surface area contributed by atoms with Crippen molar-refractivity contribution in [1.29, 1.82) is 0 Å². The summed E-state index contributed by atoms with van der Waals surface area (Å²) >= 11 is 0. The van der Waals surface area contributed by atoms with Crippen LogP contribution in [0.15, 0.2) is 18.7 Å². The first-order valence-corrected chi connectivity index (χ1v) is 8.28. The highest BCUT2D eigenvalue weighted by Crippen LogP contribution is 2.37. The Labute approximate surface area is 148 Å². The average Bonchev–Trinajstić information content (AvgIpc) is 3.41. The largest absolute Gasteiger partial charge is 0.467 e. The molecular weight excluding hydrogens is 338 g/mol. The molecule has 2 bridgehead atoms. The summed E-state index contributed by atoms with van der Waals surface area (Å²) in [5, 5.41) is 8.18. The smallest absolute Gasteiger partial charge is 0.324 e. The lowest BCUT2D eigenvalue weighted by Gasteiger charge is -2.34. The number of nitrogens with zero attached hydrogens (tertiary/aromatic N) is 9. The molecule has 0 aliphatic carbocycles. The van der Waals surface area contributed by atoms with Crippen molar-refractivity contribution in [3.8, 4) is 12.0 Å². The van der Waals surface area contributed by atoms with Crippen molar-refractivity contribution in [3.63, 3.8) is 0 Å². The minimum atomic E-state index is 0.251. The Balaban J connectivity index is 1.43. The number of piperazine rings is 1. The fourth-order valence-corrected chi connectivity index (χ4v) is 3.76. The molecule has 11 nitrogen and oxygen atoms in total. The second kappa shape index (κ2) is 5.64. The van der Waals surface area contributed by atoms with Crippen LogP contribution in [0.2, 0.25) is 0 Å². The maximum absolute atomic E-state index is 5.16. The summed E-state index contributed by atoms with van der Waals surface area (Å²) in [6.07, 6.45) is 6.32. The number of anilines is 2. The molecule has 26 heavy (non-hydrogen) atoms. The number of rotatable bonds is 4. The molecule has 3 aromatic heterocycles. The molecular formula is C15H17N9O2. The molecule has 2 fully saturated rings. The lowest BCUT2D eigenvalue weighted by Crippen LogP contribution is -2.47. The molecule has 2 atom stereocenters. The van der Waals surface area contributed by atoms with E-state index in [-0.39, 0.29) is 18.1 Å². The van der Waals surface area contributed by atoms with Gasteiger partial charge in [-0.2, -0.15) is 9.97 Å². The second-order valence-electron chi connectivity index (χ2n) is 6.27. The SMILES string of the molecule is COc1nc(OC)nc(N2CC3CC2CN3c2nccn3cnnc23)n1. The molecule has 2 aliphatic heterocycles. The van der Waals surface area contributed by atoms with Crippen LogP contribution in [0.5, 0.6) is 12.0 Å². The number of fused-ring (bicyclic) bond motifs is 3. The Kier molecular flexibility index (Phi) is 3.27. The van der Waals surface area contributed by atoms with Crippen molar-refractivity contribution < 1.29 is 9.47 Å². The summed E-state index contributed by atoms with van der Waals surface area (Å²) in [5.41, 5.74) is 0.773. The Morgan fingerprint density at radius 1 is 1.00 bits per heavy atom. The Bertz CT molecular complexity index is 939. The lowest BCUT2D eigenvalue weighted by molar-refractivity contribution is 0.339. The first kappa shape index (κ1) is 15.0. The molecule has 0 aromatic carbocycles. The Hall–Kier alpha value is -3.24. The van der Waals surface area contributed by atoms with Gasteiger partial charge in [-0.3, -0.25) is 4.40 Å². The van der Waals surface area contributed by atoms with Crippen LogP contribution in [0.1, 0.15) is 6.42 Å². The third-order valence-electron chi connectivity index (χ3n) is 4.91. The third kappa shape index (κ3) is 2.20. The molecule has 2 saturated heterocycles. The lowest BCUT2D eigenvalue weighted by atomic mass is 10.2. The van der Waals surface area contributed by atoms with E-state index in [0.29, 0.717) is 12.0 Å². The van der Waals surface area contributed by atoms with Crippen molar-refractivity contribution in [2.75, 3.05) is 37.1 Å². The van der Waals surface area contributed by atoms with Crippen LogP contribution >= 0.6 is 0 Å². The Morgan fingerprint density at radius 3 is 2.42 bits per heavy atom. The summed E-state index contributed by atoms with van der Waals surface area (Å²) in [7, 11) is 3.06. The van der Waals surface area contributed by atoms with Gasteiger partial charge in [-0.1, -0.05) is 0 Å². The van der Waals surface area contributed by atoms with Crippen molar-refractivity contribution in [2.45, 2.75) is 18.5 Å². The van der Waals surface area contributed by atoms with Gasteiger partial charge < -0.3 is 19.3 Å². The van der Waals surface area contributed by atoms with E-state index >= 15 is 0 Å². The van der Waals surface area contributed by atoms with Gasteiger partial charge in [0.1, 0.15) is 6.33 Å². The zero-order chi connectivity index (χ0) is 17.7. The van der Waals surface area contributed by atoms with E-state index in [1.54, 1.807) is 12.5 Å². The molecule has 5 rings (SSSR count). The molecule has 2 aliphatic rings. The van der Waals surface area contributed by atoms with Gasteiger partial charge in [0.2, 0.25) is 11.6 Å². The van der Waals surface area contributed by atoms with Crippen LogP contribution in [0.3, 0.4) is 0 Å². The highest BCUT2D eigenvalue weighted by molar-refractivity contribution is 5.66. The highest BCUT2D eigenvalue weighted by atomic mass is 16.5. The molecule has 134 valence electrons. The summed E-state index contributed by atoms with van der Waals surface area (Å²) in [6, 6.07) is 1.09. The highest BCUT2D eigenvalue weighted by Gasteiger charge is 2.45. The molecule has 3 aromatic rings. The minimum absolute atomic E-state index is 0.251. The van der Waals surface area contributed by atoms with Crippen LogP contribution in [-0.4, -0.2) is 73.9 Å². The van der Waals surface area contributed by atoms with Crippen LogP contribution in [0, 0.1) is 0 Å². The number of methoxy groups -OCH3 is 2. The van der Waals surface area contributed by atoms with Gasteiger partial charge in [0.05, 0.1) is 26.3 Å². The van der Waals surface area contributed by atoms with Crippen molar-refractivity contribution in [1.82, 2.24) is 34.5 Å². The van der Waals surface area contributed by atoms with E-state index in [9.17, 15) is 0 Å². The summed E-state index contributed by atoms with van der Waals surface area (Å²) in [4.78, 5) is 21.8. The van der Waals surface area contributed by atoms with Crippen LogP contribution < -0.4 is 19.3 Å². The van der Waals surface area contributed by atoms with Gasteiger partial charge in [-0.15, -0.1) is 15.2 Å². The summed E-state index contributed by atoms with van der Waals surface area (Å²) in [5.74, 6) is 1.44. The first-order chi connectivity index (χ1) is 12.8. The molecule has 0 spiro atoms. The summed E-state index contributed by atoms with van der Waals surface area (Å²) in [6.45, 7) is 1.61. The first-order valence-electron chi connectivity index (χ1n) is 8.28. The van der Waals surface area contributed by atoms with Crippen LogP contribution in [0.25, 0.3) is 5.65 Å². The maximum Gasteiger partial charge on any atom is 0.324 e. The van der Waals surface area contributed by atoms with Gasteiger partial charge in [-0.05, 0) is 6.42 Å². The van der Waals surface area contributed by atoms with E-state index < -0.39 is 0 Å². The maximum atomic E-state index is 5.16. The normalized spacial score (nSPS) is 21.6. The molecule has 0 saturated carbocycles. The van der Waals surface area contributed by atoms with Crippen molar-refractivity contribution in [3.05, 3.63) is 18.7 Å². The van der Waals surface area contributed by atoms with Crippen LogP contribution in [0.4, 0.5) is 11.8 Å². The number of aromatic nitrogens is 7. The van der Waals surface area contributed by atoms with Gasteiger partial charge in [0, 0.05) is 25.5 Å². The predicted octanol–water partition coefficient (Wildman–Crippen LogP) is -0.206. The van der Waals surface area contributed by atoms with Gasteiger partial charge in [0.25, 0.3) is 0 Å². The molecule has 0 N–H and O–H groups in total. The molecule has 5 heterocycles. The number of ether oxygens (including phenoxy) is 2. The van der Waals surface area contributed by atoms with E-state index in [2.05, 4.69) is 39.9 Å². The quantitative estimate of drug-likeness (QED) is 0.624. The van der Waals surface area contributed by atoms with E-state index in [4.69, 9.17) is 9.47 Å². The Morgan fingerprint density at radius 2 is 1.73 bits per heavy atom. The average molecular weight is 355 g/mol. The minimum Gasteiger partial charge on any atom is -0.467 e.